The summed E-state index contributed by atoms with van der Waals surface area (Å²) < 4.78 is 55.9. The number of esters is 1. The molecule has 0 N–H and O–H groups in total. The molecule has 3 nitrogen and oxygen atoms in total. The molecule has 0 bridgehead atoms. The zero-order chi connectivity index (χ0) is 13.9. The first-order valence-electron chi connectivity index (χ1n) is 4.84. The van der Waals surface area contributed by atoms with Crippen molar-refractivity contribution in [2.24, 2.45) is 0 Å². The Kier molecular flexibility index (Phi) is 4.41. The fourth-order valence-electron chi connectivity index (χ4n) is 1.20. The summed E-state index contributed by atoms with van der Waals surface area (Å²) in [5.41, 5.74) is -0.918. The molecule has 0 aliphatic carbocycles. The number of ketones is 1. The zero-order valence-corrected chi connectivity index (χ0v) is 9.23. The molecule has 0 aromatic heterocycles. The Hall–Kier alpha value is -1.92. The molecule has 0 saturated heterocycles. The van der Waals surface area contributed by atoms with E-state index in [1.807, 2.05) is 0 Å². The summed E-state index contributed by atoms with van der Waals surface area (Å²) in [7, 11) is 0. The number of hydrogen-bond acceptors (Lipinski definition) is 3. The topological polar surface area (TPSA) is 43.4 Å². The highest BCUT2D eigenvalue weighted by molar-refractivity contribution is 5.96. The normalized spacial score (nSPS) is 10.3. The van der Waals surface area contributed by atoms with Crippen molar-refractivity contribution in [1.82, 2.24) is 0 Å². The number of ether oxygens (including phenoxy) is 1. The van der Waals surface area contributed by atoms with Crippen LogP contribution < -0.4 is 0 Å². The summed E-state index contributed by atoms with van der Waals surface area (Å²) in [6, 6.07) is 0.268. The molecular weight excluding hydrogens is 256 g/mol. The van der Waals surface area contributed by atoms with E-state index in [0.29, 0.717) is 0 Å². The van der Waals surface area contributed by atoms with E-state index in [-0.39, 0.29) is 12.7 Å². The Morgan fingerprint density at radius 2 is 1.72 bits per heavy atom. The molecule has 0 aliphatic rings. The number of Topliss-reactive ketones (excluding diaryl/α,β-unsaturated/α-hetero) is 1. The minimum Gasteiger partial charge on any atom is -0.465 e. The first-order chi connectivity index (χ1) is 8.34. The van der Waals surface area contributed by atoms with Crippen molar-refractivity contribution in [3.63, 3.8) is 0 Å². The minimum absolute atomic E-state index is 0.268. The molecule has 1 aromatic rings. The van der Waals surface area contributed by atoms with Gasteiger partial charge in [0.1, 0.15) is 0 Å². The number of hydrogen-bond donors (Lipinski definition) is 0. The molecule has 0 saturated carbocycles. The Morgan fingerprint density at radius 3 is 2.28 bits per heavy atom. The second-order valence-corrected chi connectivity index (χ2v) is 3.36. The molecule has 0 spiro atoms. The van der Waals surface area contributed by atoms with E-state index in [4.69, 9.17) is 0 Å². The van der Waals surface area contributed by atoms with Gasteiger partial charge in [-0.2, -0.15) is 0 Å². The van der Waals surface area contributed by atoms with Crippen LogP contribution in [-0.2, 0) is 9.53 Å². The van der Waals surface area contributed by atoms with Gasteiger partial charge >= 0.3 is 5.97 Å². The second kappa shape index (κ2) is 5.61. The maximum absolute atomic E-state index is 13.2. The molecule has 0 heterocycles. The zero-order valence-electron chi connectivity index (χ0n) is 9.23. The maximum atomic E-state index is 13.2. The van der Waals surface area contributed by atoms with Crippen LogP contribution in [-0.4, -0.2) is 18.4 Å². The predicted molar refractivity (Wildman–Crippen MR) is 51.9 cm³/mol. The van der Waals surface area contributed by atoms with Crippen molar-refractivity contribution < 1.29 is 31.9 Å². The van der Waals surface area contributed by atoms with Crippen molar-refractivity contribution in [3.05, 3.63) is 34.9 Å². The summed E-state index contributed by atoms with van der Waals surface area (Å²) in [5, 5.41) is 0. The lowest BCUT2D eigenvalue weighted by Crippen LogP contribution is -2.11. The Morgan fingerprint density at radius 1 is 1.11 bits per heavy atom. The first-order valence-corrected chi connectivity index (χ1v) is 4.84. The van der Waals surface area contributed by atoms with Crippen LogP contribution in [0.4, 0.5) is 17.6 Å². The molecule has 7 heteroatoms. The van der Waals surface area contributed by atoms with Crippen LogP contribution in [0.3, 0.4) is 0 Å². The van der Waals surface area contributed by atoms with Gasteiger partial charge in [0, 0.05) is 13.3 Å². The molecule has 18 heavy (non-hydrogen) atoms. The summed E-state index contributed by atoms with van der Waals surface area (Å²) in [6.45, 7) is 0.747. The molecule has 0 amide bonds. The van der Waals surface area contributed by atoms with Gasteiger partial charge in [0.25, 0.3) is 0 Å². The summed E-state index contributed by atoms with van der Waals surface area (Å²) >= 11 is 0. The lowest BCUT2D eigenvalue weighted by Gasteiger charge is -2.05. The maximum Gasteiger partial charge on any atom is 0.302 e. The van der Waals surface area contributed by atoms with E-state index < -0.39 is 47.0 Å². The molecule has 0 unspecified atom stereocenters. The third-order valence-electron chi connectivity index (χ3n) is 2.04. The Labute approximate surface area is 99.4 Å². The van der Waals surface area contributed by atoms with Crippen LogP contribution in [0.1, 0.15) is 23.7 Å². The highest BCUT2D eigenvalue weighted by Gasteiger charge is 2.22. The van der Waals surface area contributed by atoms with Crippen LogP contribution >= 0.6 is 0 Å². The first kappa shape index (κ1) is 14.1. The van der Waals surface area contributed by atoms with Crippen molar-refractivity contribution >= 4 is 11.8 Å². The predicted octanol–water partition coefficient (Wildman–Crippen LogP) is 2.38. The smallest absolute Gasteiger partial charge is 0.302 e. The number of carbonyl (C=O) groups excluding carboxylic acids is 2. The highest BCUT2D eigenvalue weighted by Crippen LogP contribution is 2.19. The Balaban J connectivity index is 2.90. The van der Waals surface area contributed by atoms with Gasteiger partial charge in [-0.3, -0.25) is 9.59 Å². The summed E-state index contributed by atoms with van der Waals surface area (Å²) in [6.07, 6.45) is -0.457. The average Bonchev–Trinajstić information content (AvgIpc) is 2.30. The van der Waals surface area contributed by atoms with Crippen LogP contribution in [0.15, 0.2) is 6.07 Å². The molecule has 1 aromatic carbocycles. The van der Waals surface area contributed by atoms with Gasteiger partial charge in [-0.15, -0.1) is 0 Å². The lowest BCUT2D eigenvalue weighted by atomic mass is 10.1. The Bertz CT molecular complexity index is 500. The quantitative estimate of drug-likeness (QED) is 0.276. The molecule has 0 aliphatic heterocycles. The number of rotatable bonds is 4. The van der Waals surface area contributed by atoms with Crippen LogP contribution in [0, 0.1) is 23.3 Å². The molecular formula is C11H8F4O3. The monoisotopic (exact) mass is 264 g/mol. The number of halogens is 4. The van der Waals surface area contributed by atoms with Crippen molar-refractivity contribution in [2.45, 2.75) is 13.3 Å². The summed E-state index contributed by atoms with van der Waals surface area (Å²) in [5.74, 6) is -9.10. The third-order valence-corrected chi connectivity index (χ3v) is 2.04. The van der Waals surface area contributed by atoms with Gasteiger partial charge < -0.3 is 4.74 Å². The van der Waals surface area contributed by atoms with E-state index in [1.54, 1.807) is 0 Å². The van der Waals surface area contributed by atoms with Crippen LogP contribution in [0.2, 0.25) is 0 Å². The van der Waals surface area contributed by atoms with Crippen molar-refractivity contribution in [2.75, 3.05) is 6.61 Å². The standard InChI is InChI=1S/C11H8F4O3/c1-5(16)18-3-2-8(17)6-4-7(12)10(14)11(15)9(6)13/h4H,2-3H2,1H3. The minimum atomic E-state index is -2.05. The number of carbonyl (C=O) groups is 2. The van der Waals surface area contributed by atoms with E-state index in [0.717, 1.165) is 6.92 Å². The van der Waals surface area contributed by atoms with Crippen molar-refractivity contribution in [1.29, 1.82) is 0 Å². The SMILES string of the molecule is CC(=O)OCCC(=O)c1cc(F)c(F)c(F)c1F. The van der Waals surface area contributed by atoms with Gasteiger partial charge in [0.2, 0.25) is 0 Å². The summed E-state index contributed by atoms with van der Waals surface area (Å²) in [4.78, 5) is 21.8. The van der Waals surface area contributed by atoms with Crippen LogP contribution in [0.5, 0.6) is 0 Å². The number of benzene rings is 1. The molecule has 0 fully saturated rings. The van der Waals surface area contributed by atoms with Gasteiger partial charge in [-0.1, -0.05) is 0 Å². The molecule has 98 valence electrons. The van der Waals surface area contributed by atoms with E-state index in [9.17, 15) is 27.2 Å². The van der Waals surface area contributed by atoms with Gasteiger partial charge in [-0.05, 0) is 6.07 Å². The van der Waals surface area contributed by atoms with Crippen molar-refractivity contribution in [3.8, 4) is 0 Å². The molecule has 1 rings (SSSR count). The average molecular weight is 264 g/mol. The van der Waals surface area contributed by atoms with E-state index in [1.165, 1.54) is 0 Å². The lowest BCUT2D eigenvalue weighted by molar-refractivity contribution is -0.140. The molecule has 0 atom stereocenters. The van der Waals surface area contributed by atoms with Crippen LogP contribution in [0.25, 0.3) is 0 Å². The van der Waals surface area contributed by atoms with E-state index >= 15 is 0 Å². The third kappa shape index (κ3) is 3.06. The van der Waals surface area contributed by atoms with E-state index in [2.05, 4.69) is 4.74 Å². The van der Waals surface area contributed by atoms with Gasteiger partial charge in [0.15, 0.2) is 29.1 Å². The molecule has 0 radical (unpaired) electrons. The van der Waals surface area contributed by atoms with Gasteiger partial charge in [-0.25, -0.2) is 17.6 Å². The highest BCUT2D eigenvalue weighted by atomic mass is 19.2. The fourth-order valence-corrected chi connectivity index (χ4v) is 1.20. The largest absolute Gasteiger partial charge is 0.465 e. The fraction of sp³-hybridized carbons (Fsp3) is 0.273. The second-order valence-electron chi connectivity index (χ2n) is 3.36. The van der Waals surface area contributed by atoms with Gasteiger partial charge in [0.05, 0.1) is 12.2 Å².